The Morgan fingerprint density at radius 3 is 2.52 bits per heavy atom. The van der Waals surface area contributed by atoms with Gasteiger partial charge in [-0.25, -0.2) is 0 Å². The van der Waals surface area contributed by atoms with Crippen molar-refractivity contribution in [2.45, 2.75) is 58.0 Å². The van der Waals surface area contributed by atoms with Gasteiger partial charge >= 0.3 is 0 Å². The molecular formula is C25H28N2O4. The fourth-order valence-corrected chi connectivity index (χ4v) is 4.94. The second kappa shape index (κ2) is 8.17. The molecule has 2 aliphatic rings. The number of aryl methyl sites for hydroxylation is 2. The minimum Gasteiger partial charge on any atom is -0.496 e. The summed E-state index contributed by atoms with van der Waals surface area (Å²) in [6.45, 7) is 4.25. The quantitative estimate of drug-likeness (QED) is 0.727. The summed E-state index contributed by atoms with van der Waals surface area (Å²) in [5.74, 6) is 0.380. The van der Waals surface area contributed by atoms with Crippen LogP contribution < -0.4 is 10.1 Å². The highest BCUT2D eigenvalue weighted by atomic mass is 16.5. The van der Waals surface area contributed by atoms with Crippen molar-refractivity contribution in [3.63, 3.8) is 0 Å². The molecule has 31 heavy (non-hydrogen) atoms. The molecule has 1 aliphatic heterocycles. The Kier molecular flexibility index (Phi) is 5.56. The number of hydrogen-bond acceptors (Lipinski definition) is 4. The summed E-state index contributed by atoms with van der Waals surface area (Å²) in [7, 11) is 1.60. The summed E-state index contributed by atoms with van der Waals surface area (Å²) in [6, 6.07) is 9.02. The molecule has 0 bridgehead atoms. The number of carbonyl (C=O) groups excluding carboxylic acids is 3. The van der Waals surface area contributed by atoms with E-state index in [0.717, 1.165) is 42.2 Å². The van der Waals surface area contributed by atoms with Crippen molar-refractivity contribution < 1.29 is 19.1 Å². The lowest BCUT2D eigenvalue weighted by Gasteiger charge is -2.43. The second-order valence-corrected chi connectivity index (χ2v) is 8.60. The maximum absolute atomic E-state index is 13.7. The van der Waals surface area contributed by atoms with E-state index in [9.17, 15) is 14.4 Å². The number of anilines is 1. The van der Waals surface area contributed by atoms with Gasteiger partial charge in [0.1, 0.15) is 17.6 Å². The van der Waals surface area contributed by atoms with Crippen LogP contribution in [-0.2, 0) is 11.3 Å². The Morgan fingerprint density at radius 2 is 1.84 bits per heavy atom. The largest absolute Gasteiger partial charge is 0.496 e. The van der Waals surface area contributed by atoms with E-state index in [-0.39, 0.29) is 11.8 Å². The number of nitrogens with one attached hydrogen (secondary N) is 1. The van der Waals surface area contributed by atoms with Crippen LogP contribution in [0.2, 0.25) is 0 Å². The van der Waals surface area contributed by atoms with Crippen LogP contribution in [0.3, 0.4) is 0 Å². The lowest BCUT2D eigenvalue weighted by molar-refractivity contribution is -0.129. The van der Waals surface area contributed by atoms with Gasteiger partial charge in [0.15, 0.2) is 0 Å². The molecule has 1 fully saturated rings. The highest BCUT2D eigenvalue weighted by Crippen LogP contribution is 2.41. The van der Waals surface area contributed by atoms with Crippen LogP contribution in [0.1, 0.15) is 69.5 Å². The van der Waals surface area contributed by atoms with Gasteiger partial charge in [-0.05, 0) is 61.6 Å². The van der Waals surface area contributed by atoms with Gasteiger partial charge in [-0.15, -0.1) is 0 Å². The van der Waals surface area contributed by atoms with Crippen LogP contribution in [0.15, 0.2) is 30.3 Å². The van der Waals surface area contributed by atoms with E-state index >= 15 is 0 Å². The van der Waals surface area contributed by atoms with E-state index in [4.69, 9.17) is 4.74 Å². The van der Waals surface area contributed by atoms with Crippen molar-refractivity contribution in [2.24, 2.45) is 0 Å². The van der Waals surface area contributed by atoms with Gasteiger partial charge < -0.3 is 15.0 Å². The van der Waals surface area contributed by atoms with Crippen molar-refractivity contribution >= 4 is 23.8 Å². The molecule has 0 atom stereocenters. The zero-order valence-corrected chi connectivity index (χ0v) is 18.3. The molecule has 0 radical (unpaired) electrons. The van der Waals surface area contributed by atoms with Gasteiger partial charge in [0, 0.05) is 29.4 Å². The average Bonchev–Trinajstić information content (AvgIpc) is 3.12. The molecule has 1 heterocycles. The Balaban J connectivity index is 1.68. The number of benzene rings is 2. The van der Waals surface area contributed by atoms with Crippen LogP contribution in [0.4, 0.5) is 5.69 Å². The zero-order chi connectivity index (χ0) is 22.2. The lowest BCUT2D eigenvalue weighted by Crippen LogP contribution is -2.58. The molecule has 4 rings (SSSR count). The third kappa shape index (κ3) is 3.60. The monoisotopic (exact) mass is 420 g/mol. The number of methoxy groups -OCH3 is 1. The van der Waals surface area contributed by atoms with Gasteiger partial charge in [0.05, 0.1) is 7.11 Å². The molecule has 1 N–H and O–H groups in total. The summed E-state index contributed by atoms with van der Waals surface area (Å²) in [5.41, 5.74) is 3.58. The highest BCUT2D eigenvalue weighted by Gasteiger charge is 2.50. The van der Waals surface area contributed by atoms with Crippen molar-refractivity contribution in [1.29, 1.82) is 0 Å². The second-order valence-electron chi connectivity index (χ2n) is 8.60. The number of rotatable bonds is 5. The highest BCUT2D eigenvalue weighted by molar-refractivity contribution is 6.06. The normalized spacial score (nSPS) is 17.3. The first kappa shape index (κ1) is 21.1. The third-order valence-corrected chi connectivity index (χ3v) is 6.71. The van der Waals surface area contributed by atoms with E-state index < -0.39 is 5.54 Å². The number of aldehydes is 1. The van der Waals surface area contributed by atoms with E-state index in [1.54, 1.807) is 24.1 Å². The van der Waals surface area contributed by atoms with Crippen LogP contribution in [-0.4, -0.2) is 35.6 Å². The average molecular weight is 421 g/mol. The fourth-order valence-electron chi connectivity index (χ4n) is 4.94. The van der Waals surface area contributed by atoms with Gasteiger partial charge in [-0.2, -0.15) is 0 Å². The van der Waals surface area contributed by atoms with E-state index in [1.165, 1.54) is 0 Å². The van der Waals surface area contributed by atoms with Crippen molar-refractivity contribution in [3.05, 3.63) is 58.1 Å². The number of ether oxygens (including phenoxy) is 1. The molecule has 0 spiro atoms. The Morgan fingerprint density at radius 1 is 1.10 bits per heavy atom. The molecule has 0 unspecified atom stereocenters. The van der Waals surface area contributed by atoms with Crippen LogP contribution >= 0.6 is 0 Å². The smallest absolute Gasteiger partial charge is 0.255 e. The van der Waals surface area contributed by atoms with Crippen molar-refractivity contribution in [2.75, 3.05) is 12.4 Å². The predicted molar refractivity (Wildman–Crippen MR) is 119 cm³/mol. The number of amides is 2. The first-order valence-corrected chi connectivity index (χ1v) is 10.8. The molecule has 2 amide bonds. The first-order valence-electron chi connectivity index (χ1n) is 10.8. The van der Waals surface area contributed by atoms with Crippen molar-refractivity contribution in [1.82, 2.24) is 4.90 Å². The zero-order valence-electron chi connectivity index (χ0n) is 18.3. The summed E-state index contributed by atoms with van der Waals surface area (Å²) in [4.78, 5) is 40.1. The SMILES string of the molecule is COc1cc(NC(=O)C2(N3Cc4c(C)cc(C=O)cc4C3=O)CCCCC2)ccc1C. The molecule has 1 aliphatic carbocycles. The predicted octanol–water partition coefficient (Wildman–Crippen LogP) is 4.42. The molecule has 6 nitrogen and oxygen atoms in total. The van der Waals surface area contributed by atoms with Crippen LogP contribution in [0.5, 0.6) is 5.75 Å². The minimum atomic E-state index is -0.903. The first-order chi connectivity index (χ1) is 14.9. The number of hydrogen-bond donors (Lipinski definition) is 1. The Bertz CT molecular complexity index is 1050. The molecule has 2 aromatic rings. The maximum atomic E-state index is 13.7. The minimum absolute atomic E-state index is 0.160. The van der Waals surface area contributed by atoms with E-state index in [2.05, 4.69) is 5.32 Å². The standard InChI is InChI=1S/C25H28N2O4/c1-16-7-8-19(13-22(16)31-3)26-24(30)25(9-5-4-6-10-25)27-14-21-17(2)11-18(15-28)12-20(21)23(27)29/h7-8,11-13,15H,4-6,9-10,14H2,1-3H3,(H,26,30). The third-order valence-electron chi connectivity index (χ3n) is 6.71. The number of fused-ring (bicyclic) bond motifs is 1. The number of nitrogens with zero attached hydrogens (tertiary/aromatic N) is 1. The summed E-state index contributed by atoms with van der Waals surface area (Å²) < 4.78 is 5.39. The van der Waals surface area contributed by atoms with Crippen LogP contribution in [0, 0.1) is 13.8 Å². The molecule has 1 saturated carbocycles. The summed E-state index contributed by atoms with van der Waals surface area (Å²) in [5, 5.41) is 3.05. The van der Waals surface area contributed by atoms with Crippen molar-refractivity contribution in [3.8, 4) is 5.75 Å². The fraction of sp³-hybridized carbons (Fsp3) is 0.400. The molecular weight excluding hydrogens is 392 g/mol. The molecule has 0 saturated heterocycles. The maximum Gasteiger partial charge on any atom is 0.255 e. The lowest BCUT2D eigenvalue weighted by atomic mass is 9.79. The van der Waals surface area contributed by atoms with Gasteiger partial charge in [0.2, 0.25) is 5.91 Å². The van der Waals surface area contributed by atoms with E-state index in [0.29, 0.717) is 42.0 Å². The van der Waals surface area contributed by atoms with Crippen LogP contribution in [0.25, 0.3) is 0 Å². The number of carbonyl (C=O) groups is 3. The topological polar surface area (TPSA) is 75.7 Å². The Labute approximate surface area is 182 Å². The molecule has 2 aromatic carbocycles. The van der Waals surface area contributed by atoms with Gasteiger partial charge in [-0.1, -0.05) is 25.3 Å². The van der Waals surface area contributed by atoms with Gasteiger partial charge in [-0.3, -0.25) is 14.4 Å². The molecule has 162 valence electrons. The summed E-state index contributed by atoms with van der Waals surface area (Å²) in [6.07, 6.45) is 4.85. The Hall–Kier alpha value is -3.15. The van der Waals surface area contributed by atoms with Gasteiger partial charge in [0.25, 0.3) is 5.91 Å². The van der Waals surface area contributed by atoms with E-state index in [1.807, 2.05) is 32.0 Å². The molecule has 6 heteroatoms. The summed E-state index contributed by atoms with van der Waals surface area (Å²) >= 11 is 0. The molecule has 0 aromatic heterocycles.